The monoisotopic (exact) mass is 308 g/mol. The number of nitrogens with zero attached hydrogens (tertiary/aromatic N) is 2. The highest BCUT2D eigenvalue weighted by Gasteiger charge is 2.37. The number of aliphatic hydroxyl groups excluding tert-OH is 1. The molecule has 0 saturated carbocycles. The van der Waals surface area contributed by atoms with Crippen LogP contribution in [0.25, 0.3) is 0 Å². The normalized spacial score (nSPS) is 27.3. The summed E-state index contributed by atoms with van der Waals surface area (Å²) in [6, 6.07) is 7.46. The van der Waals surface area contributed by atoms with Gasteiger partial charge in [-0.3, -0.25) is 9.69 Å². The first kappa shape index (κ1) is 14.8. The first-order valence-electron chi connectivity index (χ1n) is 7.61. The molecule has 2 aliphatic rings. The van der Waals surface area contributed by atoms with E-state index in [4.69, 9.17) is 11.6 Å². The van der Waals surface area contributed by atoms with Gasteiger partial charge >= 0.3 is 0 Å². The Bertz CT molecular complexity index is 523. The predicted molar refractivity (Wildman–Crippen MR) is 83.6 cm³/mol. The number of carbonyl (C=O) groups is 1. The standard InChI is InChI=1S/C16H21ClN2O2/c17-13-4-1-2-5-14(13)19-8-3-6-15(16(19)21)18-9-7-12(10-18)11-20/h1-2,4-5,12,15,20H,3,6-11H2. The van der Waals surface area contributed by atoms with Crippen LogP contribution in [0.4, 0.5) is 5.69 Å². The van der Waals surface area contributed by atoms with Gasteiger partial charge in [0.05, 0.1) is 16.8 Å². The Kier molecular flexibility index (Phi) is 4.48. The van der Waals surface area contributed by atoms with E-state index in [-0.39, 0.29) is 18.6 Å². The van der Waals surface area contributed by atoms with Crippen molar-refractivity contribution < 1.29 is 9.90 Å². The molecule has 5 heteroatoms. The van der Waals surface area contributed by atoms with Crippen molar-refractivity contribution in [1.29, 1.82) is 0 Å². The van der Waals surface area contributed by atoms with Crippen LogP contribution in [0.1, 0.15) is 19.3 Å². The van der Waals surface area contributed by atoms with E-state index in [1.54, 1.807) is 0 Å². The summed E-state index contributed by atoms with van der Waals surface area (Å²) >= 11 is 6.24. The molecule has 3 rings (SSSR count). The Morgan fingerprint density at radius 2 is 2.05 bits per heavy atom. The highest BCUT2D eigenvalue weighted by Crippen LogP contribution is 2.31. The van der Waals surface area contributed by atoms with Crippen molar-refractivity contribution >= 4 is 23.2 Å². The number of aliphatic hydroxyl groups is 1. The fourth-order valence-corrected chi connectivity index (χ4v) is 3.64. The van der Waals surface area contributed by atoms with Gasteiger partial charge in [-0.25, -0.2) is 0 Å². The van der Waals surface area contributed by atoms with E-state index < -0.39 is 0 Å². The maximum Gasteiger partial charge on any atom is 0.244 e. The zero-order valence-corrected chi connectivity index (χ0v) is 12.8. The van der Waals surface area contributed by atoms with Gasteiger partial charge in [-0.15, -0.1) is 0 Å². The second-order valence-corrected chi connectivity index (χ2v) is 6.34. The van der Waals surface area contributed by atoms with Gasteiger partial charge < -0.3 is 10.0 Å². The van der Waals surface area contributed by atoms with E-state index in [9.17, 15) is 9.90 Å². The molecule has 0 spiro atoms. The molecule has 1 aromatic rings. The summed E-state index contributed by atoms with van der Waals surface area (Å²) in [5.41, 5.74) is 0.812. The maximum atomic E-state index is 12.8. The number of benzene rings is 1. The number of piperidine rings is 1. The lowest BCUT2D eigenvalue weighted by molar-refractivity contribution is -0.125. The van der Waals surface area contributed by atoms with Gasteiger partial charge in [0.25, 0.3) is 0 Å². The fourth-order valence-electron chi connectivity index (χ4n) is 3.40. The Morgan fingerprint density at radius 1 is 1.24 bits per heavy atom. The summed E-state index contributed by atoms with van der Waals surface area (Å²) in [5, 5.41) is 9.90. The quantitative estimate of drug-likeness (QED) is 0.930. The minimum Gasteiger partial charge on any atom is -0.396 e. The molecule has 2 atom stereocenters. The average molecular weight is 309 g/mol. The van der Waals surface area contributed by atoms with Gasteiger partial charge in [-0.1, -0.05) is 23.7 Å². The molecular weight excluding hydrogens is 288 g/mol. The Morgan fingerprint density at radius 3 is 2.76 bits per heavy atom. The number of hydrogen-bond donors (Lipinski definition) is 1. The second kappa shape index (κ2) is 6.34. The minimum absolute atomic E-state index is 0.0634. The summed E-state index contributed by atoms with van der Waals surface area (Å²) in [4.78, 5) is 16.9. The molecule has 0 bridgehead atoms. The van der Waals surface area contributed by atoms with Crippen LogP contribution in [0.2, 0.25) is 5.02 Å². The molecule has 2 aliphatic heterocycles. The molecule has 0 radical (unpaired) electrons. The first-order chi connectivity index (χ1) is 10.2. The summed E-state index contributed by atoms with van der Waals surface area (Å²) in [5.74, 6) is 0.460. The number of amides is 1. The van der Waals surface area contributed by atoms with Gasteiger partial charge in [-0.2, -0.15) is 0 Å². The van der Waals surface area contributed by atoms with Crippen LogP contribution >= 0.6 is 11.6 Å². The number of carbonyl (C=O) groups excluding carboxylic acids is 1. The third-order valence-corrected chi connectivity index (χ3v) is 4.89. The van der Waals surface area contributed by atoms with Gasteiger partial charge in [0, 0.05) is 19.7 Å². The third kappa shape index (κ3) is 2.93. The second-order valence-electron chi connectivity index (χ2n) is 5.93. The van der Waals surface area contributed by atoms with E-state index in [1.807, 2.05) is 29.2 Å². The van der Waals surface area contributed by atoms with Crippen LogP contribution in [0.5, 0.6) is 0 Å². The summed E-state index contributed by atoms with van der Waals surface area (Å²) in [7, 11) is 0. The van der Waals surface area contributed by atoms with E-state index in [1.165, 1.54) is 0 Å². The van der Waals surface area contributed by atoms with Crippen molar-refractivity contribution in [3.8, 4) is 0 Å². The molecule has 4 nitrogen and oxygen atoms in total. The lowest BCUT2D eigenvalue weighted by Gasteiger charge is -2.37. The molecule has 1 aromatic carbocycles. The Balaban J connectivity index is 1.77. The molecule has 2 fully saturated rings. The van der Waals surface area contributed by atoms with E-state index in [2.05, 4.69) is 4.90 Å². The number of likely N-dealkylation sites (tertiary alicyclic amines) is 1. The van der Waals surface area contributed by atoms with Crippen LogP contribution in [0.15, 0.2) is 24.3 Å². The average Bonchev–Trinajstić information content (AvgIpc) is 2.97. The number of anilines is 1. The van der Waals surface area contributed by atoms with Crippen molar-refractivity contribution in [3.63, 3.8) is 0 Å². The van der Waals surface area contributed by atoms with Gasteiger partial charge in [0.2, 0.25) is 5.91 Å². The lowest BCUT2D eigenvalue weighted by Crippen LogP contribution is -2.52. The third-order valence-electron chi connectivity index (χ3n) is 4.57. The van der Waals surface area contributed by atoms with Crippen molar-refractivity contribution in [3.05, 3.63) is 29.3 Å². The molecule has 0 aromatic heterocycles. The fraction of sp³-hybridized carbons (Fsp3) is 0.562. The molecule has 1 amide bonds. The lowest BCUT2D eigenvalue weighted by atomic mass is 10.0. The Hall–Kier alpha value is -1.10. The van der Waals surface area contributed by atoms with Crippen molar-refractivity contribution in [2.75, 3.05) is 31.1 Å². The van der Waals surface area contributed by atoms with Gasteiger partial charge in [0.1, 0.15) is 0 Å². The Labute approximate surface area is 130 Å². The highest BCUT2D eigenvalue weighted by atomic mass is 35.5. The number of para-hydroxylation sites is 1. The number of halogens is 1. The topological polar surface area (TPSA) is 43.8 Å². The van der Waals surface area contributed by atoms with Crippen molar-refractivity contribution in [1.82, 2.24) is 4.90 Å². The molecule has 2 saturated heterocycles. The van der Waals surface area contributed by atoms with Crippen LogP contribution in [0, 0.1) is 5.92 Å². The minimum atomic E-state index is -0.0634. The van der Waals surface area contributed by atoms with Crippen molar-refractivity contribution in [2.24, 2.45) is 5.92 Å². The van der Waals surface area contributed by atoms with E-state index in [0.29, 0.717) is 10.9 Å². The predicted octanol–water partition coefficient (Wildman–Crippen LogP) is 2.15. The van der Waals surface area contributed by atoms with Crippen LogP contribution in [0.3, 0.4) is 0 Å². The highest BCUT2D eigenvalue weighted by molar-refractivity contribution is 6.33. The molecular formula is C16H21ClN2O2. The molecule has 114 valence electrons. The zero-order chi connectivity index (χ0) is 14.8. The van der Waals surface area contributed by atoms with Crippen molar-refractivity contribution in [2.45, 2.75) is 25.3 Å². The summed E-state index contributed by atoms with van der Waals surface area (Å²) in [6.07, 6.45) is 2.87. The van der Waals surface area contributed by atoms with Crippen LogP contribution < -0.4 is 4.90 Å². The van der Waals surface area contributed by atoms with Gasteiger partial charge in [-0.05, 0) is 43.9 Å². The maximum absolute atomic E-state index is 12.8. The van der Waals surface area contributed by atoms with E-state index >= 15 is 0 Å². The molecule has 2 unspecified atom stereocenters. The summed E-state index contributed by atoms with van der Waals surface area (Å²) in [6.45, 7) is 2.67. The van der Waals surface area contributed by atoms with Crippen LogP contribution in [-0.2, 0) is 4.79 Å². The molecule has 21 heavy (non-hydrogen) atoms. The van der Waals surface area contributed by atoms with Crippen LogP contribution in [-0.4, -0.2) is 48.2 Å². The van der Waals surface area contributed by atoms with E-state index in [0.717, 1.165) is 44.6 Å². The number of hydrogen-bond acceptors (Lipinski definition) is 3. The smallest absolute Gasteiger partial charge is 0.244 e. The molecule has 2 heterocycles. The molecule has 0 aliphatic carbocycles. The zero-order valence-electron chi connectivity index (χ0n) is 12.0. The first-order valence-corrected chi connectivity index (χ1v) is 7.99. The largest absolute Gasteiger partial charge is 0.396 e. The SMILES string of the molecule is O=C1C(N2CCC(CO)C2)CCCN1c1ccccc1Cl. The molecule has 1 N–H and O–H groups in total. The van der Waals surface area contributed by atoms with Gasteiger partial charge in [0.15, 0.2) is 0 Å². The summed E-state index contributed by atoms with van der Waals surface area (Å²) < 4.78 is 0. The number of rotatable bonds is 3.